The van der Waals surface area contributed by atoms with Gasteiger partial charge in [-0.3, -0.25) is 23.9 Å². The molecule has 0 aromatic carbocycles. The van der Waals surface area contributed by atoms with Gasteiger partial charge in [0.05, 0.1) is 0 Å². The molecule has 0 aliphatic carbocycles. The van der Waals surface area contributed by atoms with Crippen LogP contribution in [0.2, 0.25) is 0 Å². The first-order valence-corrected chi connectivity index (χ1v) is 12.8. The molecular formula is C23H25F9N4O11. The first kappa shape index (κ1) is 37.7. The molecule has 47 heavy (non-hydrogen) atoms. The molecule has 0 saturated carbocycles. The molecule has 2 aliphatic rings. The quantitative estimate of drug-likeness (QED) is 0.139. The van der Waals surface area contributed by atoms with Crippen LogP contribution in [-0.2, 0) is 28.5 Å². The summed E-state index contributed by atoms with van der Waals surface area (Å²) in [7, 11) is 1.02. The van der Waals surface area contributed by atoms with E-state index in [0.29, 0.717) is 10.6 Å². The normalized spacial score (nSPS) is 27.9. The molecule has 24 heteroatoms. The van der Waals surface area contributed by atoms with Gasteiger partial charge in [-0.1, -0.05) is 0 Å². The van der Waals surface area contributed by atoms with Crippen molar-refractivity contribution in [3.8, 4) is 0 Å². The number of aromatic amines is 1. The molecule has 1 aromatic rings. The minimum atomic E-state index is -7.15. The zero-order chi connectivity index (χ0) is 35.9. The zero-order valence-electron chi connectivity index (χ0n) is 23.3. The number of aromatic nitrogens is 2. The van der Waals surface area contributed by atoms with Gasteiger partial charge >= 0.3 is 29.6 Å². The fourth-order valence-corrected chi connectivity index (χ4v) is 4.37. The van der Waals surface area contributed by atoms with E-state index >= 15 is 0 Å². The monoisotopic (exact) mass is 704 g/mol. The summed E-state index contributed by atoms with van der Waals surface area (Å²) in [6, 6.07) is 0.881. The number of hydrogen-bond donors (Lipinski definition) is 6. The number of alkyl halides is 9. The number of nitrogens with two attached hydrogens (primary N) is 1. The molecule has 1 fully saturated rings. The van der Waals surface area contributed by atoms with E-state index in [9.17, 15) is 74.0 Å². The Labute approximate surface area is 254 Å². The number of carbonyl (C=O) groups excluding carboxylic acids is 2. The molecule has 2 amide bonds. The minimum absolute atomic E-state index is 0.427. The minimum Gasteiger partial charge on any atom is -0.456 e. The maximum Gasteiger partial charge on any atom is 0.460 e. The maximum absolute atomic E-state index is 13.8. The first-order chi connectivity index (χ1) is 21.5. The van der Waals surface area contributed by atoms with Crippen LogP contribution in [0.3, 0.4) is 0 Å². The summed E-state index contributed by atoms with van der Waals surface area (Å²) >= 11 is 0. The predicted octanol–water partition coefficient (Wildman–Crippen LogP) is -1.38. The number of nitrogens with zero attached hydrogens (tertiary/aromatic N) is 1. The lowest BCUT2D eigenvalue weighted by atomic mass is 10.0. The summed E-state index contributed by atoms with van der Waals surface area (Å²) in [4.78, 5) is 50.3. The molecule has 8 atom stereocenters. The fourth-order valence-electron chi connectivity index (χ4n) is 4.37. The summed E-state index contributed by atoms with van der Waals surface area (Å²) in [5.74, 6) is -24.3. The Morgan fingerprint density at radius 2 is 1.68 bits per heavy atom. The lowest BCUT2D eigenvalue weighted by Crippen LogP contribution is -2.61. The lowest BCUT2D eigenvalue weighted by Gasteiger charge is -2.35. The number of hydrogen-bond acceptors (Lipinski definition) is 11. The number of nitrogens with one attached hydrogen (secondary N) is 2. The first-order valence-electron chi connectivity index (χ1n) is 12.8. The number of primary amides is 1. The van der Waals surface area contributed by atoms with Gasteiger partial charge in [-0.05, 0) is 6.08 Å². The number of rotatable bonds is 12. The molecule has 0 spiro atoms. The van der Waals surface area contributed by atoms with Gasteiger partial charge in [0.25, 0.3) is 11.5 Å². The standard InChI is InChI=1S/C23H25F9N4O11/c1-44-12-11(40)17(36-5-2-9(38)35-19(36)43)46-13(12)14(15(33)41)47-18-10(39)7(37)6-8(45-18)16(42)34-4-3-20(24,25)21(26,27)22(28,29)23(30,31)32/h2,5-7,10-14,17-18,37,39-40H,3-4H2,1H3,(H2,33,41)(H,34,42)(H,35,38,43)/t7-,10-,11+,12-,13-,14+,17+,18+/m0/s1. The topological polar surface area (TPSA) is 225 Å². The number of aliphatic hydroxyl groups is 3. The van der Waals surface area contributed by atoms with E-state index < -0.39 is 115 Å². The molecule has 266 valence electrons. The highest BCUT2D eigenvalue weighted by molar-refractivity contribution is 5.91. The van der Waals surface area contributed by atoms with Crippen LogP contribution in [0.15, 0.2) is 33.7 Å². The third-order valence-electron chi connectivity index (χ3n) is 6.86. The van der Waals surface area contributed by atoms with Crippen LogP contribution in [0.5, 0.6) is 0 Å². The van der Waals surface area contributed by atoms with Crippen LogP contribution >= 0.6 is 0 Å². The molecule has 0 radical (unpaired) electrons. The van der Waals surface area contributed by atoms with Gasteiger partial charge < -0.3 is 45.3 Å². The van der Waals surface area contributed by atoms with E-state index in [1.165, 1.54) is 5.32 Å². The summed E-state index contributed by atoms with van der Waals surface area (Å²) in [5.41, 5.74) is 3.47. The largest absolute Gasteiger partial charge is 0.460 e. The summed E-state index contributed by atoms with van der Waals surface area (Å²) < 4.78 is 139. The highest BCUT2D eigenvalue weighted by atomic mass is 19.4. The smallest absolute Gasteiger partial charge is 0.456 e. The van der Waals surface area contributed by atoms with Crippen molar-refractivity contribution in [3.05, 3.63) is 44.9 Å². The average molecular weight is 704 g/mol. The number of amides is 2. The van der Waals surface area contributed by atoms with Crippen molar-refractivity contribution in [1.82, 2.24) is 14.9 Å². The molecule has 1 saturated heterocycles. The maximum atomic E-state index is 13.8. The molecule has 2 aliphatic heterocycles. The molecule has 0 unspecified atom stereocenters. The van der Waals surface area contributed by atoms with Crippen LogP contribution < -0.4 is 22.3 Å². The Hall–Kier alpha value is -3.71. The van der Waals surface area contributed by atoms with Gasteiger partial charge in [0.15, 0.2) is 18.1 Å². The van der Waals surface area contributed by atoms with E-state index in [0.717, 1.165) is 19.4 Å². The van der Waals surface area contributed by atoms with Crippen LogP contribution in [0, 0.1) is 0 Å². The van der Waals surface area contributed by atoms with Crippen molar-refractivity contribution >= 4 is 11.8 Å². The van der Waals surface area contributed by atoms with Gasteiger partial charge in [0.2, 0.25) is 12.2 Å². The molecule has 0 bridgehead atoms. The van der Waals surface area contributed by atoms with E-state index in [-0.39, 0.29) is 0 Å². The van der Waals surface area contributed by atoms with E-state index in [2.05, 4.69) is 0 Å². The van der Waals surface area contributed by atoms with Gasteiger partial charge in [-0.2, -0.15) is 39.5 Å². The Morgan fingerprint density at radius 3 is 2.21 bits per heavy atom. The summed E-state index contributed by atoms with van der Waals surface area (Å²) in [6.45, 7) is -1.65. The summed E-state index contributed by atoms with van der Waals surface area (Å²) in [5, 5.41) is 32.6. The van der Waals surface area contributed by atoms with Crippen molar-refractivity contribution < 1.29 is 83.4 Å². The highest BCUT2D eigenvalue weighted by Crippen LogP contribution is 2.53. The van der Waals surface area contributed by atoms with E-state index in [4.69, 9.17) is 24.7 Å². The summed E-state index contributed by atoms with van der Waals surface area (Å²) in [6.07, 6.45) is -23.5. The van der Waals surface area contributed by atoms with Crippen molar-refractivity contribution in [2.45, 2.75) is 79.5 Å². The molecule has 3 heterocycles. The second kappa shape index (κ2) is 13.4. The molecule has 7 N–H and O–H groups in total. The van der Waals surface area contributed by atoms with Gasteiger partial charge in [0.1, 0.15) is 30.5 Å². The van der Waals surface area contributed by atoms with Crippen LogP contribution in [0.25, 0.3) is 0 Å². The van der Waals surface area contributed by atoms with E-state index in [1.807, 2.05) is 4.98 Å². The number of halogens is 9. The van der Waals surface area contributed by atoms with Gasteiger partial charge in [-0.25, -0.2) is 4.79 Å². The lowest BCUT2D eigenvalue weighted by molar-refractivity contribution is -0.396. The van der Waals surface area contributed by atoms with Crippen LogP contribution in [0.1, 0.15) is 12.6 Å². The third-order valence-corrected chi connectivity index (χ3v) is 6.86. The fraction of sp³-hybridized carbons (Fsp3) is 0.652. The second-order valence-electron chi connectivity index (χ2n) is 10.0. The zero-order valence-corrected chi connectivity index (χ0v) is 23.3. The van der Waals surface area contributed by atoms with Gasteiger partial charge in [0, 0.05) is 32.3 Å². The Kier molecular flexibility index (Phi) is 10.8. The highest BCUT2D eigenvalue weighted by Gasteiger charge is 2.81. The van der Waals surface area contributed by atoms with E-state index in [1.54, 1.807) is 0 Å². The van der Waals surface area contributed by atoms with Crippen LogP contribution in [0.4, 0.5) is 39.5 Å². The van der Waals surface area contributed by atoms with Gasteiger partial charge in [-0.15, -0.1) is 0 Å². The molecule has 1 aromatic heterocycles. The Balaban J connectivity index is 1.75. The second-order valence-corrected chi connectivity index (χ2v) is 10.0. The SMILES string of the molecule is CO[C@H]1[C@@H](O)[C@H](n2ccc(=O)[nH]c2=O)O[C@@H]1[C@@H](O[C@H]1OC(C(=O)NCCC(F)(F)C(F)(F)C(F)(F)C(F)(F)F)=C[C@H](O)[C@@H]1O)C(N)=O. The van der Waals surface area contributed by atoms with Crippen molar-refractivity contribution in [3.63, 3.8) is 0 Å². The third kappa shape index (κ3) is 7.25. The molecule has 3 rings (SSSR count). The predicted molar refractivity (Wildman–Crippen MR) is 130 cm³/mol. The Bertz CT molecular complexity index is 1470. The number of methoxy groups -OCH3 is 1. The number of aliphatic hydroxyl groups excluding tert-OH is 3. The number of ether oxygens (including phenoxy) is 4. The molecular weight excluding hydrogens is 679 g/mol. The van der Waals surface area contributed by atoms with Crippen molar-refractivity contribution in [1.29, 1.82) is 0 Å². The van der Waals surface area contributed by atoms with Crippen molar-refractivity contribution in [2.75, 3.05) is 13.7 Å². The number of H-pyrrole nitrogens is 1. The molecule has 15 nitrogen and oxygen atoms in total. The average Bonchev–Trinajstić information content (AvgIpc) is 3.27. The van der Waals surface area contributed by atoms with Crippen LogP contribution in [-0.4, -0.2) is 117 Å². The number of carbonyl (C=O) groups is 2. The Morgan fingerprint density at radius 1 is 1.06 bits per heavy atom. The van der Waals surface area contributed by atoms with Crippen molar-refractivity contribution in [2.24, 2.45) is 5.73 Å².